The average molecular weight is 247 g/mol. The predicted octanol–water partition coefficient (Wildman–Crippen LogP) is 3.32. The molecule has 0 amide bonds. The van der Waals surface area contributed by atoms with Crippen molar-refractivity contribution in [3.63, 3.8) is 0 Å². The van der Waals surface area contributed by atoms with Gasteiger partial charge in [0.25, 0.3) is 0 Å². The Morgan fingerprint density at radius 3 is 2.56 bits per heavy atom. The molecule has 3 atom stereocenters. The third kappa shape index (κ3) is 3.33. The molecule has 0 aliphatic heterocycles. The van der Waals surface area contributed by atoms with Gasteiger partial charge in [0.2, 0.25) is 0 Å². The zero-order chi connectivity index (χ0) is 13.0. The van der Waals surface area contributed by atoms with E-state index in [9.17, 15) is 0 Å². The molecule has 0 aromatic heterocycles. The number of hydrogen-bond acceptors (Lipinski definition) is 2. The van der Waals surface area contributed by atoms with Crippen LogP contribution in [0.15, 0.2) is 30.3 Å². The molecule has 1 fully saturated rings. The van der Waals surface area contributed by atoms with E-state index in [1.807, 2.05) is 0 Å². The smallest absolute Gasteiger partial charge is 0.0624 e. The van der Waals surface area contributed by atoms with Gasteiger partial charge in [0.05, 0.1) is 12.2 Å². The maximum Gasteiger partial charge on any atom is 0.0624 e. The summed E-state index contributed by atoms with van der Waals surface area (Å²) in [7, 11) is 0. The fourth-order valence-corrected chi connectivity index (χ4v) is 3.01. The molecule has 1 saturated carbocycles. The average Bonchev–Trinajstić information content (AvgIpc) is 2.39. The van der Waals surface area contributed by atoms with Crippen molar-refractivity contribution in [2.75, 3.05) is 6.54 Å². The molecule has 0 saturated heterocycles. The first-order chi connectivity index (χ1) is 8.70. The van der Waals surface area contributed by atoms with Gasteiger partial charge < -0.3 is 10.5 Å². The third-order valence-corrected chi connectivity index (χ3v) is 3.95. The van der Waals surface area contributed by atoms with Crippen molar-refractivity contribution < 1.29 is 4.74 Å². The van der Waals surface area contributed by atoms with E-state index < -0.39 is 0 Å². The van der Waals surface area contributed by atoms with Gasteiger partial charge in [-0.1, -0.05) is 30.3 Å². The lowest BCUT2D eigenvalue weighted by Gasteiger charge is -2.36. The van der Waals surface area contributed by atoms with E-state index in [2.05, 4.69) is 44.2 Å². The molecule has 1 aromatic rings. The highest BCUT2D eigenvalue weighted by molar-refractivity contribution is 5.20. The van der Waals surface area contributed by atoms with Crippen LogP contribution in [0.3, 0.4) is 0 Å². The van der Waals surface area contributed by atoms with Gasteiger partial charge in [-0.2, -0.15) is 0 Å². The van der Waals surface area contributed by atoms with Crippen LogP contribution < -0.4 is 5.73 Å². The first-order valence-corrected chi connectivity index (χ1v) is 7.11. The van der Waals surface area contributed by atoms with Gasteiger partial charge in [0, 0.05) is 0 Å². The maximum absolute atomic E-state index is 6.07. The van der Waals surface area contributed by atoms with Crippen LogP contribution in [0.25, 0.3) is 0 Å². The second-order valence-corrected chi connectivity index (χ2v) is 5.64. The Hall–Kier alpha value is -0.860. The van der Waals surface area contributed by atoms with Gasteiger partial charge in [-0.3, -0.25) is 0 Å². The summed E-state index contributed by atoms with van der Waals surface area (Å²) < 4.78 is 6.07. The van der Waals surface area contributed by atoms with E-state index >= 15 is 0 Å². The normalized spacial score (nSPS) is 28.6. The van der Waals surface area contributed by atoms with Gasteiger partial charge in [-0.25, -0.2) is 0 Å². The number of hydrogen-bond donors (Lipinski definition) is 1. The van der Waals surface area contributed by atoms with Crippen molar-refractivity contribution in [3.05, 3.63) is 35.9 Å². The summed E-state index contributed by atoms with van der Waals surface area (Å²) in [6.45, 7) is 4.97. The van der Waals surface area contributed by atoms with Gasteiger partial charge >= 0.3 is 0 Å². The molecule has 18 heavy (non-hydrogen) atoms. The fourth-order valence-electron chi connectivity index (χ4n) is 3.01. The largest absolute Gasteiger partial charge is 0.375 e. The number of nitrogens with two attached hydrogens (primary N) is 1. The number of ether oxygens (including phenoxy) is 1. The summed E-state index contributed by atoms with van der Waals surface area (Å²) in [6.07, 6.45) is 4.16. The molecule has 0 heterocycles. The lowest BCUT2D eigenvalue weighted by atomic mass is 9.76. The quantitative estimate of drug-likeness (QED) is 0.886. The Labute approximate surface area is 111 Å². The summed E-state index contributed by atoms with van der Waals surface area (Å²) in [5, 5.41) is 0. The monoisotopic (exact) mass is 247 g/mol. The molecule has 0 bridgehead atoms. The van der Waals surface area contributed by atoms with Crippen molar-refractivity contribution in [1.82, 2.24) is 0 Å². The van der Waals surface area contributed by atoms with Crippen molar-refractivity contribution in [2.45, 2.75) is 51.2 Å². The minimum Gasteiger partial charge on any atom is -0.375 e. The van der Waals surface area contributed by atoms with E-state index in [4.69, 9.17) is 10.5 Å². The molecular formula is C16H25NO. The lowest BCUT2D eigenvalue weighted by Crippen LogP contribution is -2.37. The van der Waals surface area contributed by atoms with Crippen LogP contribution in [-0.2, 0) is 4.74 Å². The van der Waals surface area contributed by atoms with Crippen LogP contribution in [-0.4, -0.2) is 18.8 Å². The molecule has 2 N–H and O–H groups in total. The summed E-state index contributed by atoms with van der Waals surface area (Å²) in [6, 6.07) is 10.8. The van der Waals surface area contributed by atoms with Crippen LogP contribution in [0, 0.1) is 5.92 Å². The van der Waals surface area contributed by atoms with Gasteiger partial charge in [0.15, 0.2) is 0 Å². The zero-order valence-corrected chi connectivity index (χ0v) is 11.5. The van der Waals surface area contributed by atoms with Crippen molar-refractivity contribution in [3.8, 4) is 0 Å². The molecule has 100 valence electrons. The van der Waals surface area contributed by atoms with Crippen molar-refractivity contribution >= 4 is 0 Å². The van der Waals surface area contributed by atoms with Crippen LogP contribution in [0.5, 0.6) is 0 Å². The Morgan fingerprint density at radius 2 is 1.94 bits per heavy atom. The Bertz CT molecular complexity index is 349. The molecule has 2 heteroatoms. The molecule has 2 rings (SSSR count). The molecule has 1 aromatic carbocycles. The van der Waals surface area contributed by atoms with Crippen LogP contribution in [0.1, 0.15) is 44.6 Å². The van der Waals surface area contributed by atoms with Crippen molar-refractivity contribution in [1.29, 1.82) is 0 Å². The Kier molecular flexibility index (Phi) is 4.79. The first kappa shape index (κ1) is 13.6. The predicted molar refractivity (Wildman–Crippen MR) is 75.6 cm³/mol. The molecule has 0 spiro atoms. The van der Waals surface area contributed by atoms with Crippen LogP contribution in [0.4, 0.5) is 0 Å². The highest BCUT2D eigenvalue weighted by Crippen LogP contribution is 2.37. The van der Waals surface area contributed by atoms with E-state index in [0.717, 1.165) is 13.0 Å². The van der Waals surface area contributed by atoms with Crippen LogP contribution >= 0.6 is 0 Å². The van der Waals surface area contributed by atoms with Gasteiger partial charge in [-0.15, -0.1) is 0 Å². The molecule has 1 aliphatic carbocycles. The van der Waals surface area contributed by atoms with Gasteiger partial charge in [-0.05, 0) is 57.1 Å². The van der Waals surface area contributed by atoms with Gasteiger partial charge in [0.1, 0.15) is 0 Å². The Balaban J connectivity index is 2.04. The number of benzene rings is 1. The highest BCUT2D eigenvalue weighted by atomic mass is 16.5. The molecule has 1 aliphatic rings. The summed E-state index contributed by atoms with van der Waals surface area (Å²) in [4.78, 5) is 0. The zero-order valence-electron chi connectivity index (χ0n) is 11.5. The number of rotatable bonds is 4. The second-order valence-electron chi connectivity index (χ2n) is 5.64. The van der Waals surface area contributed by atoms with E-state index in [-0.39, 0.29) is 0 Å². The first-order valence-electron chi connectivity index (χ1n) is 7.11. The van der Waals surface area contributed by atoms with E-state index in [1.165, 1.54) is 18.4 Å². The highest BCUT2D eigenvalue weighted by Gasteiger charge is 2.31. The van der Waals surface area contributed by atoms with Crippen LogP contribution in [0.2, 0.25) is 0 Å². The second kappa shape index (κ2) is 6.35. The third-order valence-electron chi connectivity index (χ3n) is 3.95. The summed E-state index contributed by atoms with van der Waals surface area (Å²) in [5.74, 6) is 1.17. The van der Waals surface area contributed by atoms with E-state index in [1.54, 1.807) is 0 Å². The van der Waals surface area contributed by atoms with E-state index in [0.29, 0.717) is 24.0 Å². The minimum atomic E-state index is 0.290. The van der Waals surface area contributed by atoms with Crippen molar-refractivity contribution in [2.24, 2.45) is 11.7 Å². The standard InChI is InChI=1S/C16H25NO/c1-12(2)18-16-10-14(8-9-15(16)11-17)13-6-4-3-5-7-13/h3-7,12,14-16H,8-11,17H2,1-2H3. The summed E-state index contributed by atoms with van der Waals surface area (Å²) >= 11 is 0. The fraction of sp³-hybridized carbons (Fsp3) is 0.625. The molecule has 0 radical (unpaired) electrons. The molecule has 2 nitrogen and oxygen atoms in total. The maximum atomic E-state index is 6.07. The lowest BCUT2D eigenvalue weighted by molar-refractivity contribution is -0.0470. The minimum absolute atomic E-state index is 0.290. The molecule has 3 unspecified atom stereocenters. The Morgan fingerprint density at radius 1 is 1.22 bits per heavy atom. The SMILES string of the molecule is CC(C)OC1CC(c2ccccc2)CCC1CN. The topological polar surface area (TPSA) is 35.2 Å². The summed E-state index contributed by atoms with van der Waals surface area (Å²) in [5.41, 5.74) is 7.32. The molecular weight excluding hydrogens is 222 g/mol.